The Kier molecular flexibility index (Phi) is 3.83. The molecule has 7 heteroatoms. The fourth-order valence-electron chi connectivity index (χ4n) is 2.38. The molecule has 2 aromatic heterocycles. The number of nitrogens with zero attached hydrogens (tertiary/aromatic N) is 3. The van der Waals surface area contributed by atoms with Crippen LogP contribution in [-0.2, 0) is 6.54 Å². The summed E-state index contributed by atoms with van der Waals surface area (Å²) in [6.45, 7) is 0.657. The van der Waals surface area contributed by atoms with Crippen LogP contribution in [0.1, 0.15) is 11.1 Å². The zero-order chi connectivity index (χ0) is 15.7. The van der Waals surface area contributed by atoms with Crippen LogP contribution >= 0.6 is 0 Å². The number of nitrogens with two attached hydrogens (primary N) is 2. The van der Waals surface area contributed by atoms with E-state index in [0.717, 1.165) is 27.9 Å². The number of benzene rings is 1. The van der Waals surface area contributed by atoms with Crippen molar-refractivity contribution in [2.45, 2.75) is 6.54 Å². The summed E-state index contributed by atoms with van der Waals surface area (Å²) in [5.74, 6) is 1.25. The molecule has 0 radical (unpaired) electrons. The molecule has 0 bridgehead atoms. The molecule has 112 valence electrons. The first-order valence-electron chi connectivity index (χ1n) is 6.62. The SMILES string of the molecule is COc1ccc(Cn2cc(C(N)=[Se])c3c(N)ncnc32)cc1. The van der Waals surface area contributed by atoms with E-state index in [0.29, 0.717) is 16.9 Å². The van der Waals surface area contributed by atoms with Gasteiger partial charge in [0.15, 0.2) is 0 Å². The molecule has 0 aliphatic carbocycles. The number of hydrogen-bond donors (Lipinski definition) is 2. The van der Waals surface area contributed by atoms with Gasteiger partial charge in [-0.3, -0.25) is 0 Å². The van der Waals surface area contributed by atoms with Gasteiger partial charge in [0.1, 0.15) is 0 Å². The molecule has 3 rings (SSSR count). The van der Waals surface area contributed by atoms with E-state index in [2.05, 4.69) is 25.5 Å². The average molecular weight is 360 g/mol. The number of anilines is 1. The zero-order valence-electron chi connectivity index (χ0n) is 12.0. The molecule has 0 fully saturated rings. The zero-order valence-corrected chi connectivity index (χ0v) is 13.7. The van der Waals surface area contributed by atoms with Crippen molar-refractivity contribution in [3.63, 3.8) is 0 Å². The van der Waals surface area contributed by atoms with Gasteiger partial charge in [0, 0.05) is 0 Å². The molecule has 0 aliphatic rings. The van der Waals surface area contributed by atoms with E-state index in [1.807, 2.05) is 35.0 Å². The molecule has 0 aliphatic heterocycles. The third kappa shape index (κ3) is 2.56. The summed E-state index contributed by atoms with van der Waals surface area (Å²) in [5, 5.41) is 0.771. The molecule has 22 heavy (non-hydrogen) atoms. The van der Waals surface area contributed by atoms with E-state index in [1.165, 1.54) is 6.33 Å². The van der Waals surface area contributed by atoms with Gasteiger partial charge in [-0.25, -0.2) is 0 Å². The quantitative estimate of drug-likeness (QED) is 0.668. The number of fused-ring (bicyclic) bond motifs is 1. The van der Waals surface area contributed by atoms with E-state index >= 15 is 0 Å². The van der Waals surface area contributed by atoms with Gasteiger partial charge in [0.05, 0.1) is 0 Å². The predicted molar refractivity (Wildman–Crippen MR) is 88.1 cm³/mol. The summed E-state index contributed by atoms with van der Waals surface area (Å²) in [6, 6.07) is 7.89. The molecule has 6 nitrogen and oxygen atoms in total. The normalized spacial score (nSPS) is 10.8. The van der Waals surface area contributed by atoms with Crippen LogP contribution in [0.25, 0.3) is 11.0 Å². The third-order valence-corrected chi connectivity index (χ3v) is 3.92. The maximum atomic E-state index is 5.98. The molecule has 0 saturated heterocycles. The van der Waals surface area contributed by atoms with E-state index in [1.54, 1.807) is 7.11 Å². The molecule has 0 saturated carbocycles. The Hall–Kier alpha value is -2.37. The first-order valence-corrected chi connectivity index (χ1v) is 7.48. The van der Waals surface area contributed by atoms with Gasteiger partial charge < -0.3 is 0 Å². The van der Waals surface area contributed by atoms with Crippen LogP contribution in [-0.4, -0.2) is 41.8 Å². The van der Waals surface area contributed by atoms with Crippen molar-refractivity contribution in [3.05, 3.63) is 47.9 Å². The van der Waals surface area contributed by atoms with Crippen molar-refractivity contribution in [1.29, 1.82) is 0 Å². The summed E-state index contributed by atoms with van der Waals surface area (Å²) >= 11 is 2.82. The molecule has 0 spiro atoms. The molecular formula is C15H15N5OSe. The Balaban J connectivity index is 2.06. The average Bonchev–Trinajstić information content (AvgIpc) is 2.89. The van der Waals surface area contributed by atoms with Crippen molar-refractivity contribution < 1.29 is 4.74 Å². The van der Waals surface area contributed by atoms with E-state index in [9.17, 15) is 0 Å². The van der Waals surface area contributed by atoms with Crippen molar-refractivity contribution in [2.75, 3.05) is 12.8 Å². The Morgan fingerprint density at radius 1 is 1.27 bits per heavy atom. The monoisotopic (exact) mass is 361 g/mol. The second-order valence-electron chi connectivity index (χ2n) is 4.84. The summed E-state index contributed by atoms with van der Waals surface area (Å²) in [4.78, 5) is 8.39. The topological polar surface area (TPSA) is 92.0 Å². The van der Waals surface area contributed by atoms with Crippen LogP contribution < -0.4 is 16.2 Å². The number of ether oxygens (including phenoxy) is 1. The number of nitrogen functional groups attached to an aromatic ring is 1. The molecule has 4 N–H and O–H groups in total. The van der Waals surface area contributed by atoms with Crippen LogP contribution in [0.2, 0.25) is 0 Å². The van der Waals surface area contributed by atoms with Crippen molar-refractivity contribution in [2.24, 2.45) is 5.73 Å². The van der Waals surface area contributed by atoms with Crippen LogP contribution in [0.15, 0.2) is 36.8 Å². The summed E-state index contributed by atoms with van der Waals surface area (Å²) in [6.07, 6.45) is 3.40. The van der Waals surface area contributed by atoms with Gasteiger partial charge in [-0.15, -0.1) is 0 Å². The minimum absolute atomic E-state index is 0.423. The van der Waals surface area contributed by atoms with Crippen LogP contribution in [0.5, 0.6) is 5.75 Å². The van der Waals surface area contributed by atoms with Gasteiger partial charge in [-0.2, -0.15) is 0 Å². The first-order chi connectivity index (χ1) is 10.6. The number of methoxy groups -OCH3 is 1. The molecule has 0 atom stereocenters. The predicted octanol–water partition coefficient (Wildman–Crippen LogP) is 0.676. The van der Waals surface area contributed by atoms with E-state index < -0.39 is 0 Å². The molecule has 0 unspecified atom stereocenters. The molecule has 1 aromatic carbocycles. The fraction of sp³-hybridized carbons (Fsp3) is 0.133. The van der Waals surface area contributed by atoms with Crippen molar-refractivity contribution in [1.82, 2.24) is 14.5 Å². The van der Waals surface area contributed by atoms with Crippen molar-refractivity contribution in [3.8, 4) is 5.75 Å². The molecule has 0 amide bonds. The van der Waals surface area contributed by atoms with Gasteiger partial charge in [-0.05, 0) is 0 Å². The molecular weight excluding hydrogens is 345 g/mol. The Bertz CT molecular complexity index is 841. The summed E-state index contributed by atoms with van der Waals surface area (Å²) in [7, 11) is 1.65. The minimum atomic E-state index is 0.423. The Morgan fingerprint density at radius 2 is 2.00 bits per heavy atom. The second kappa shape index (κ2) is 5.79. The third-order valence-electron chi connectivity index (χ3n) is 3.46. The van der Waals surface area contributed by atoms with Gasteiger partial charge >= 0.3 is 135 Å². The number of hydrogen-bond acceptors (Lipinski definition) is 5. The van der Waals surface area contributed by atoms with Gasteiger partial charge in [-0.1, -0.05) is 0 Å². The Labute approximate surface area is 135 Å². The van der Waals surface area contributed by atoms with Crippen LogP contribution in [0.3, 0.4) is 0 Å². The first kappa shape index (κ1) is 14.6. The number of rotatable bonds is 4. The van der Waals surface area contributed by atoms with Gasteiger partial charge in [0.25, 0.3) is 0 Å². The Morgan fingerprint density at radius 3 is 2.64 bits per heavy atom. The summed E-state index contributed by atoms with van der Waals surface area (Å²) < 4.78 is 7.75. The van der Waals surface area contributed by atoms with Crippen LogP contribution in [0.4, 0.5) is 5.82 Å². The van der Waals surface area contributed by atoms with Crippen molar-refractivity contribution >= 4 is 37.0 Å². The van der Waals surface area contributed by atoms with E-state index in [-0.39, 0.29) is 0 Å². The molecule has 2 heterocycles. The summed E-state index contributed by atoms with van der Waals surface area (Å²) in [5.41, 5.74) is 14.6. The fourth-order valence-corrected chi connectivity index (χ4v) is 2.71. The second-order valence-corrected chi connectivity index (χ2v) is 5.76. The number of aromatic nitrogens is 3. The standard InChI is InChI=1S/C15H15N5OSe/c1-21-10-4-2-9(3-5-10)6-20-7-11(14(17)22)12-13(16)18-8-19-15(12)20/h2-5,7-8H,6H2,1H3,(H2,17,22)(H2,16,18,19). The van der Waals surface area contributed by atoms with E-state index in [4.69, 9.17) is 16.2 Å². The molecule has 3 aromatic rings. The van der Waals surface area contributed by atoms with Crippen LogP contribution in [0, 0.1) is 0 Å². The van der Waals surface area contributed by atoms with Gasteiger partial charge in [0.2, 0.25) is 0 Å². The maximum absolute atomic E-state index is 5.98.